The van der Waals surface area contributed by atoms with Crippen LogP contribution in [0.1, 0.15) is 44.1 Å². The van der Waals surface area contributed by atoms with Gasteiger partial charge in [0, 0.05) is 30.8 Å². The lowest BCUT2D eigenvalue weighted by Gasteiger charge is -2.14. The molecule has 7 nitrogen and oxygen atoms in total. The van der Waals surface area contributed by atoms with E-state index in [1.807, 2.05) is 11.0 Å². The molecule has 7 heteroatoms. The van der Waals surface area contributed by atoms with Gasteiger partial charge in [0.15, 0.2) is 0 Å². The minimum atomic E-state index is 0.0852. The summed E-state index contributed by atoms with van der Waals surface area (Å²) in [5.74, 6) is 7.78. The zero-order chi connectivity index (χ0) is 18.9. The molecule has 0 bridgehead atoms. The summed E-state index contributed by atoms with van der Waals surface area (Å²) in [5.41, 5.74) is 2.14. The van der Waals surface area contributed by atoms with Crippen LogP contribution in [0.5, 0.6) is 5.75 Å². The lowest BCUT2D eigenvalue weighted by atomic mass is 10.2. The minimum absolute atomic E-state index is 0.0852. The summed E-state index contributed by atoms with van der Waals surface area (Å²) in [6, 6.07) is 1.95. The Hall–Kier alpha value is -2.88. The molecule has 3 heterocycles. The molecule has 2 aromatic rings. The van der Waals surface area contributed by atoms with Crippen LogP contribution >= 0.6 is 0 Å². The minimum Gasteiger partial charge on any atom is -0.488 e. The molecule has 0 atom stereocenters. The second kappa shape index (κ2) is 7.27. The van der Waals surface area contributed by atoms with E-state index in [-0.39, 0.29) is 18.6 Å². The number of aromatic nitrogens is 4. The Morgan fingerprint density at radius 1 is 1.21 bits per heavy atom. The number of hydrogen-bond donors (Lipinski definition) is 0. The van der Waals surface area contributed by atoms with Crippen molar-refractivity contribution in [1.82, 2.24) is 24.9 Å². The predicted molar refractivity (Wildman–Crippen MR) is 102 cm³/mol. The molecule has 0 aromatic carbocycles. The number of rotatable bonds is 5. The van der Waals surface area contributed by atoms with Gasteiger partial charge in [-0.2, -0.15) is 0 Å². The number of carbonyl (C=O) groups excluding carboxylic acids is 1. The average molecular weight is 377 g/mol. The molecule has 3 aliphatic rings. The lowest BCUT2D eigenvalue weighted by Crippen LogP contribution is -2.31. The van der Waals surface area contributed by atoms with Crippen LogP contribution in [0.15, 0.2) is 18.5 Å². The third kappa shape index (κ3) is 4.01. The number of ether oxygens (including phenoxy) is 1. The number of pyridine rings is 1. The highest BCUT2D eigenvalue weighted by Crippen LogP contribution is 2.33. The van der Waals surface area contributed by atoms with E-state index in [1.165, 1.54) is 12.8 Å². The molecule has 0 N–H and O–H groups in total. The van der Waals surface area contributed by atoms with Gasteiger partial charge in [0.25, 0.3) is 0 Å². The lowest BCUT2D eigenvalue weighted by molar-refractivity contribution is -0.130. The Morgan fingerprint density at radius 2 is 2.04 bits per heavy atom. The van der Waals surface area contributed by atoms with Gasteiger partial charge in [0.2, 0.25) is 5.91 Å². The zero-order valence-electron chi connectivity index (χ0n) is 15.8. The van der Waals surface area contributed by atoms with Crippen molar-refractivity contribution < 1.29 is 9.53 Å². The number of amides is 1. The molecular weight excluding hydrogens is 354 g/mol. The average Bonchev–Trinajstić information content (AvgIpc) is 3.59. The van der Waals surface area contributed by atoms with E-state index < -0.39 is 0 Å². The fourth-order valence-electron chi connectivity index (χ4n) is 3.26. The van der Waals surface area contributed by atoms with Gasteiger partial charge in [-0.3, -0.25) is 4.79 Å². The molecule has 1 amide bonds. The highest BCUT2D eigenvalue weighted by molar-refractivity contribution is 5.76. The van der Waals surface area contributed by atoms with E-state index in [9.17, 15) is 4.79 Å². The first-order chi connectivity index (χ1) is 13.7. The predicted octanol–water partition coefficient (Wildman–Crippen LogP) is 2.27. The van der Waals surface area contributed by atoms with E-state index in [0.29, 0.717) is 23.1 Å². The summed E-state index contributed by atoms with van der Waals surface area (Å²) in [7, 11) is 0. The molecule has 28 heavy (non-hydrogen) atoms. The van der Waals surface area contributed by atoms with Gasteiger partial charge in [-0.1, -0.05) is 17.1 Å². The van der Waals surface area contributed by atoms with Crippen LogP contribution in [-0.4, -0.2) is 50.0 Å². The van der Waals surface area contributed by atoms with Crippen LogP contribution in [0.2, 0.25) is 0 Å². The van der Waals surface area contributed by atoms with Gasteiger partial charge < -0.3 is 9.64 Å². The smallest absolute Gasteiger partial charge is 0.244 e. The topological polar surface area (TPSA) is 73.1 Å². The fourth-order valence-corrected chi connectivity index (χ4v) is 3.26. The van der Waals surface area contributed by atoms with Crippen LogP contribution in [0.25, 0.3) is 11.4 Å². The molecule has 1 aliphatic heterocycles. The quantitative estimate of drug-likeness (QED) is 0.748. The molecular formula is C21H23N5O2. The second-order valence-electron chi connectivity index (χ2n) is 7.82. The molecule has 2 saturated carbocycles. The van der Waals surface area contributed by atoms with E-state index in [2.05, 4.69) is 27.1 Å². The third-order valence-electron chi connectivity index (χ3n) is 5.21. The van der Waals surface area contributed by atoms with Gasteiger partial charge in [-0.05, 0) is 44.6 Å². The summed E-state index contributed by atoms with van der Waals surface area (Å²) >= 11 is 0. The molecule has 144 valence electrons. The maximum Gasteiger partial charge on any atom is 0.244 e. The van der Waals surface area contributed by atoms with Gasteiger partial charge in [0.05, 0.1) is 12.3 Å². The Bertz CT molecular complexity index is 943. The van der Waals surface area contributed by atoms with Crippen LogP contribution < -0.4 is 4.74 Å². The Labute approximate surface area is 164 Å². The zero-order valence-corrected chi connectivity index (χ0v) is 15.8. The molecule has 2 aliphatic carbocycles. The van der Waals surface area contributed by atoms with Gasteiger partial charge >= 0.3 is 0 Å². The van der Waals surface area contributed by atoms with Crippen molar-refractivity contribution in [2.24, 2.45) is 5.92 Å². The summed E-state index contributed by atoms with van der Waals surface area (Å²) in [6.07, 6.45) is 10.5. The summed E-state index contributed by atoms with van der Waals surface area (Å²) in [5, 5.41) is 8.36. The largest absolute Gasteiger partial charge is 0.488 e. The highest BCUT2D eigenvalue weighted by atomic mass is 16.5. The van der Waals surface area contributed by atoms with E-state index in [4.69, 9.17) is 4.74 Å². The van der Waals surface area contributed by atoms with Crippen LogP contribution in [-0.2, 0) is 11.3 Å². The van der Waals surface area contributed by atoms with Gasteiger partial charge in [0.1, 0.15) is 23.7 Å². The standard InChI is InChI=1S/C21H23N5O2/c27-20(25-9-1-2-10-25)14-26-13-18(23-24-26)21-19(28-17-7-8-17)11-16(12-22-21)6-5-15-3-4-15/h11-13,15,17H,1-4,7-10,14H2. The van der Waals surface area contributed by atoms with Gasteiger partial charge in [-0.15, -0.1) is 5.10 Å². The highest BCUT2D eigenvalue weighted by Gasteiger charge is 2.26. The van der Waals surface area contributed by atoms with E-state index >= 15 is 0 Å². The summed E-state index contributed by atoms with van der Waals surface area (Å²) in [4.78, 5) is 18.8. The first-order valence-corrected chi connectivity index (χ1v) is 10.1. The van der Waals surface area contributed by atoms with E-state index in [0.717, 1.165) is 44.3 Å². The Morgan fingerprint density at radius 3 is 2.79 bits per heavy atom. The molecule has 1 saturated heterocycles. The summed E-state index contributed by atoms with van der Waals surface area (Å²) < 4.78 is 7.65. The molecule has 2 aromatic heterocycles. The molecule has 0 unspecified atom stereocenters. The van der Waals surface area contributed by atoms with Crippen LogP contribution in [0.3, 0.4) is 0 Å². The van der Waals surface area contributed by atoms with Crippen LogP contribution in [0, 0.1) is 17.8 Å². The Kier molecular flexibility index (Phi) is 4.47. The summed E-state index contributed by atoms with van der Waals surface area (Å²) in [6.45, 7) is 1.88. The van der Waals surface area contributed by atoms with Crippen LogP contribution in [0.4, 0.5) is 0 Å². The van der Waals surface area contributed by atoms with Crippen molar-refractivity contribution in [3.63, 3.8) is 0 Å². The van der Waals surface area contributed by atoms with Crippen molar-refractivity contribution in [3.8, 4) is 29.0 Å². The van der Waals surface area contributed by atoms with Crippen molar-refractivity contribution >= 4 is 5.91 Å². The Balaban J connectivity index is 1.36. The second-order valence-corrected chi connectivity index (χ2v) is 7.82. The van der Waals surface area contributed by atoms with Crippen molar-refractivity contribution in [3.05, 3.63) is 24.0 Å². The maximum atomic E-state index is 12.3. The molecule has 0 spiro atoms. The first kappa shape index (κ1) is 17.2. The monoisotopic (exact) mass is 377 g/mol. The van der Waals surface area contributed by atoms with Gasteiger partial charge in [-0.25, -0.2) is 9.67 Å². The number of carbonyl (C=O) groups is 1. The van der Waals surface area contributed by atoms with Crippen molar-refractivity contribution in [2.45, 2.75) is 51.2 Å². The number of nitrogens with zero attached hydrogens (tertiary/aromatic N) is 5. The number of likely N-dealkylation sites (tertiary alicyclic amines) is 1. The van der Waals surface area contributed by atoms with E-state index in [1.54, 1.807) is 17.1 Å². The fraction of sp³-hybridized carbons (Fsp3) is 0.524. The number of hydrogen-bond acceptors (Lipinski definition) is 5. The third-order valence-corrected chi connectivity index (χ3v) is 5.21. The van der Waals surface area contributed by atoms with Crippen molar-refractivity contribution in [2.75, 3.05) is 13.1 Å². The first-order valence-electron chi connectivity index (χ1n) is 10.1. The molecule has 0 radical (unpaired) electrons. The molecule has 5 rings (SSSR count). The van der Waals surface area contributed by atoms with Crippen molar-refractivity contribution in [1.29, 1.82) is 0 Å². The maximum absolute atomic E-state index is 12.3. The normalized spacial score (nSPS) is 18.6. The SMILES string of the molecule is O=C(Cn1cc(-c2ncc(C#CC3CC3)cc2OC2CC2)nn1)N1CCCC1. The molecule has 3 fully saturated rings.